The van der Waals surface area contributed by atoms with E-state index in [1.54, 1.807) is 0 Å². The van der Waals surface area contributed by atoms with Crippen molar-refractivity contribution in [3.63, 3.8) is 0 Å². The highest BCUT2D eigenvalue weighted by atomic mass is 79.9. The van der Waals surface area contributed by atoms with Gasteiger partial charge >= 0.3 is 0 Å². The summed E-state index contributed by atoms with van der Waals surface area (Å²) in [6.07, 6.45) is 3.49. The summed E-state index contributed by atoms with van der Waals surface area (Å²) in [6.45, 7) is 0. The monoisotopic (exact) mass is 279 g/mol. The zero-order valence-electron chi connectivity index (χ0n) is 8.91. The van der Waals surface area contributed by atoms with E-state index in [2.05, 4.69) is 32.0 Å². The van der Waals surface area contributed by atoms with Gasteiger partial charge in [-0.15, -0.1) is 0 Å². The maximum Gasteiger partial charge on any atom is 0.111 e. The lowest BCUT2D eigenvalue weighted by Crippen LogP contribution is -2.23. The van der Waals surface area contributed by atoms with Crippen LogP contribution in [0.4, 0.5) is 0 Å². The van der Waals surface area contributed by atoms with Gasteiger partial charge in [0, 0.05) is 16.4 Å². The highest BCUT2D eigenvalue weighted by Gasteiger charge is 2.27. The van der Waals surface area contributed by atoms with Crippen molar-refractivity contribution in [3.8, 4) is 0 Å². The van der Waals surface area contributed by atoms with Crippen molar-refractivity contribution in [2.75, 3.05) is 0 Å². The van der Waals surface area contributed by atoms with Crippen molar-refractivity contribution in [1.29, 1.82) is 0 Å². The molecule has 2 atom stereocenters. The molecule has 16 heavy (non-hydrogen) atoms. The Kier molecular flexibility index (Phi) is 2.48. The molecule has 1 aliphatic carbocycles. The highest BCUT2D eigenvalue weighted by molar-refractivity contribution is 9.10. The second kappa shape index (κ2) is 3.86. The lowest BCUT2D eigenvalue weighted by Gasteiger charge is -2.11. The van der Waals surface area contributed by atoms with E-state index >= 15 is 0 Å². The molecule has 84 valence electrons. The fourth-order valence-corrected chi connectivity index (χ4v) is 2.87. The third-order valence-corrected chi connectivity index (χ3v) is 3.88. The van der Waals surface area contributed by atoms with Crippen molar-refractivity contribution in [3.05, 3.63) is 28.5 Å². The van der Waals surface area contributed by atoms with Gasteiger partial charge in [0.25, 0.3) is 0 Å². The molecule has 1 aromatic carbocycles. The Morgan fingerprint density at radius 1 is 1.38 bits per heavy atom. The molecule has 4 heteroatoms. The summed E-state index contributed by atoms with van der Waals surface area (Å²) in [5.74, 6) is 1.46. The minimum Gasteiger partial charge on any atom is -0.342 e. The molecule has 3 nitrogen and oxygen atoms in total. The Morgan fingerprint density at radius 3 is 3.00 bits per heavy atom. The second-order valence-corrected chi connectivity index (χ2v) is 5.40. The number of H-pyrrole nitrogens is 1. The van der Waals surface area contributed by atoms with Gasteiger partial charge in [0.05, 0.1) is 11.0 Å². The molecule has 1 heterocycles. The molecule has 0 bridgehead atoms. The number of hydrogen-bond acceptors (Lipinski definition) is 2. The first-order valence-electron chi connectivity index (χ1n) is 5.65. The molecule has 3 rings (SSSR count). The fourth-order valence-electron chi connectivity index (χ4n) is 2.51. The molecule has 0 spiro atoms. The maximum absolute atomic E-state index is 6.09. The van der Waals surface area contributed by atoms with Gasteiger partial charge in [-0.1, -0.05) is 22.4 Å². The summed E-state index contributed by atoms with van der Waals surface area (Å²) in [4.78, 5) is 8.02. The number of fused-ring (bicyclic) bond motifs is 1. The van der Waals surface area contributed by atoms with Gasteiger partial charge in [-0.2, -0.15) is 0 Å². The van der Waals surface area contributed by atoms with E-state index in [1.807, 2.05) is 12.1 Å². The van der Waals surface area contributed by atoms with Crippen LogP contribution in [0.3, 0.4) is 0 Å². The number of aromatic amines is 1. The van der Waals surface area contributed by atoms with Gasteiger partial charge in [0.1, 0.15) is 5.82 Å². The molecule has 0 aliphatic heterocycles. The number of nitrogens with zero attached hydrogens (tertiary/aromatic N) is 1. The van der Waals surface area contributed by atoms with Crippen LogP contribution in [0.25, 0.3) is 11.0 Å². The van der Waals surface area contributed by atoms with E-state index in [9.17, 15) is 0 Å². The van der Waals surface area contributed by atoms with Gasteiger partial charge < -0.3 is 10.7 Å². The number of benzene rings is 1. The number of rotatable bonds is 1. The largest absolute Gasteiger partial charge is 0.342 e. The van der Waals surface area contributed by atoms with Crippen LogP contribution in [0.1, 0.15) is 31.0 Å². The number of imidazole rings is 1. The quantitative estimate of drug-likeness (QED) is 0.843. The highest BCUT2D eigenvalue weighted by Crippen LogP contribution is 2.32. The summed E-state index contributed by atoms with van der Waals surface area (Å²) in [7, 11) is 0. The SMILES string of the molecule is NC1CCCC1c1nc2ccc(Br)cc2[nH]1. The van der Waals surface area contributed by atoms with Gasteiger partial charge in [-0.05, 0) is 31.0 Å². The van der Waals surface area contributed by atoms with Crippen LogP contribution in [-0.4, -0.2) is 16.0 Å². The number of nitrogens with one attached hydrogen (secondary N) is 1. The topological polar surface area (TPSA) is 54.7 Å². The van der Waals surface area contributed by atoms with E-state index in [0.29, 0.717) is 5.92 Å². The molecule has 1 aromatic heterocycles. The number of halogens is 1. The predicted molar refractivity (Wildman–Crippen MR) is 68.4 cm³/mol. The van der Waals surface area contributed by atoms with Crippen LogP contribution >= 0.6 is 15.9 Å². The average Bonchev–Trinajstić information content (AvgIpc) is 2.82. The van der Waals surface area contributed by atoms with Crippen LogP contribution < -0.4 is 5.73 Å². The summed E-state index contributed by atoms with van der Waals surface area (Å²) in [5.41, 5.74) is 8.21. The van der Waals surface area contributed by atoms with Crippen molar-refractivity contribution >= 4 is 27.0 Å². The Hall–Kier alpha value is -0.870. The normalized spacial score (nSPS) is 25.4. The van der Waals surface area contributed by atoms with Gasteiger partial charge in [0.2, 0.25) is 0 Å². The van der Waals surface area contributed by atoms with Gasteiger partial charge in [-0.3, -0.25) is 0 Å². The minimum absolute atomic E-state index is 0.268. The predicted octanol–water partition coefficient (Wildman–Crippen LogP) is 2.92. The van der Waals surface area contributed by atoms with Crippen molar-refractivity contribution in [2.45, 2.75) is 31.2 Å². The van der Waals surface area contributed by atoms with Crippen LogP contribution in [0.15, 0.2) is 22.7 Å². The number of aromatic nitrogens is 2. The van der Waals surface area contributed by atoms with Crippen molar-refractivity contribution < 1.29 is 0 Å². The average molecular weight is 280 g/mol. The molecular weight excluding hydrogens is 266 g/mol. The molecule has 2 unspecified atom stereocenters. The molecule has 0 radical (unpaired) electrons. The zero-order valence-corrected chi connectivity index (χ0v) is 10.5. The minimum atomic E-state index is 0.268. The van der Waals surface area contributed by atoms with Gasteiger partial charge in [0.15, 0.2) is 0 Å². The molecule has 1 aliphatic rings. The second-order valence-electron chi connectivity index (χ2n) is 4.48. The summed E-state index contributed by atoms with van der Waals surface area (Å²) < 4.78 is 1.07. The molecule has 0 amide bonds. The Bertz CT molecular complexity index is 520. The summed E-state index contributed by atoms with van der Waals surface area (Å²) >= 11 is 3.46. The van der Waals surface area contributed by atoms with Crippen LogP contribution in [0.5, 0.6) is 0 Å². The Labute approximate surface area is 103 Å². The van der Waals surface area contributed by atoms with Crippen LogP contribution in [-0.2, 0) is 0 Å². The third kappa shape index (κ3) is 1.66. The smallest absolute Gasteiger partial charge is 0.111 e. The molecule has 3 N–H and O–H groups in total. The molecular formula is C12H14BrN3. The molecule has 0 saturated heterocycles. The van der Waals surface area contributed by atoms with E-state index < -0.39 is 0 Å². The molecule has 2 aromatic rings. The summed E-state index contributed by atoms with van der Waals surface area (Å²) in [6, 6.07) is 6.37. The number of hydrogen-bond donors (Lipinski definition) is 2. The lowest BCUT2D eigenvalue weighted by atomic mass is 10.0. The fraction of sp³-hybridized carbons (Fsp3) is 0.417. The first-order valence-corrected chi connectivity index (χ1v) is 6.44. The van der Waals surface area contributed by atoms with E-state index in [1.165, 1.54) is 6.42 Å². The van der Waals surface area contributed by atoms with Gasteiger partial charge in [-0.25, -0.2) is 4.98 Å². The Balaban J connectivity index is 2.04. The molecule has 1 fully saturated rings. The van der Waals surface area contributed by atoms with Crippen molar-refractivity contribution in [2.24, 2.45) is 5.73 Å². The summed E-state index contributed by atoms with van der Waals surface area (Å²) in [5, 5.41) is 0. The lowest BCUT2D eigenvalue weighted by molar-refractivity contribution is 0.588. The standard InChI is InChI=1S/C12H14BrN3/c13-7-4-5-10-11(6-7)16-12(15-10)8-2-1-3-9(8)14/h4-6,8-9H,1-3,14H2,(H,15,16). The maximum atomic E-state index is 6.09. The van der Waals surface area contributed by atoms with E-state index in [4.69, 9.17) is 5.73 Å². The van der Waals surface area contributed by atoms with Crippen LogP contribution in [0, 0.1) is 0 Å². The van der Waals surface area contributed by atoms with E-state index in [0.717, 1.165) is 34.2 Å². The first-order chi connectivity index (χ1) is 7.74. The first kappa shape index (κ1) is 10.3. The number of nitrogens with two attached hydrogens (primary N) is 1. The van der Waals surface area contributed by atoms with Crippen LogP contribution in [0.2, 0.25) is 0 Å². The van der Waals surface area contributed by atoms with Crippen molar-refractivity contribution in [1.82, 2.24) is 9.97 Å². The molecule has 1 saturated carbocycles. The Morgan fingerprint density at radius 2 is 2.25 bits per heavy atom. The zero-order chi connectivity index (χ0) is 11.1. The van der Waals surface area contributed by atoms with E-state index in [-0.39, 0.29) is 6.04 Å². The third-order valence-electron chi connectivity index (χ3n) is 3.38.